The van der Waals surface area contributed by atoms with Crippen molar-refractivity contribution in [2.24, 2.45) is 0 Å². The minimum Gasteiger partial charge on any atom is -0.484 e. The molecule has 0 fully saturated rings. The van der Waals surface area contributed by atoms with Gasteiger partial charge in [0.15, 0.2) is 12.4 Å². The standard InChI is InChI=1S/C23H25N3O4/c1-4-20(27)16-9-11-17(12-10-16)30-14-22(28)26(15(2)3)13-21-24-19-8-6-5-7-18(19)23(29)25-21/h5-12,15H,4,13-14H2,1-3H3,(H,24,25,29). The molecule has 0 atom stereocenters. The van der Waals surface area contributed by atoms with Gasteiger partial charge in [0.05, 0.1) is 17.4 Å². The first-order valence-corrected chi connectivity index (χ1v) is 9.92. The van der Waals surface area contributed by atoms with E-state index in [0.717, 1.165) is 0 Å². The summed E-state index contributed by atoms with van der Waals surface area (Å²) >= 11 is 0. The van der Waals surface area contributed by atoms with Gasteiger partial charge in [0.1, 0.15) is 11.6 Å². The summed E-state index contributed by atoms with van der Waals surface area (Å²) in [6.45, 7) is 5.61. The molecule has 1 amide bonds. The molecule has 3 rings (SSSR count). The third kappa shape index (κ3) is 4.92. The first kappa shape index (κ1) is 21.2. The van der Waals surface area contributed by atoms with Crippen LogP contribution in [0.4, 0.5) is 0 Å². The summed E-state index contributed by atoms with van der Waals surface area (Å²) in [6, 6.07) is 13.7. The van der Waals surface area contributed by atoms with Crippen molar-refractivity contribution in [2.45, 2.75) is 39.8 Å². The molecule has 0 radical (unpaired) electrons. The maximum Gasteiger partial charge on any atom is 0.261 e. The number of benzene rings is 2. The number of fused-ring (bicyclic) bond motifs is 1. The molecule has 1 aromatic heterocycles. The maximum absolute atomic E-state index is 12.8. The lowest BCUT2D eigenvalue weighted by atomic mass is 10.1. The van der Waals surface area contributed by atoms with Crippen LogP contribution in [0.5, 0.6) is 5.75 Å². The summed E-state index contributed by atoms with van der Waals surface area (Å²) in [5, 5.41) is 0.511. The highest BCUT2D eigenvalue weighted by Crippen LogP contribution is 2.15. The van der Waals surface area contributed by atoms with Crippen LogP contribution in [0, 0.1) is 0 Å². The van der Waals surface area contributed by atoms with E-state index in [2.05, 4.69) is 9.97 Å². The minimum atomic E-state index is -0.232. The molecule has 7 heteroatoms. The van der Waals surface area contributed by atoms with Gasteiger partial charge in [-0.3, -0.25) is 14.4 Å². The number of hydrogen-bond acceptors (Lipinski definition) is 5. The first-order chi connectivity index (χ1) is 14.4. The summed E-state index contributed by atoms with van der Waals surface area (Å²) in [6.07, 6.45) is 0.437. The predicted molar refractivity (Wildman–Crippen MR) is 115 cm³/mol. The number of rotatable bonds is 8. The van der Waals surface area contributed by atoms with Crippen LogP contribution in [0.3, 0.4) is 0 Å². The van der Waals surface area contributed by atoms with Gasteiger partial charge in [-0.05, 0) is 50.2 Å². The third-order valence-electron chi connectivity index (χ3n) is 4.79. The van der Waals surface area contributed by atoms with Crippen LogP contribution in [0.15, 0.2) is 53.3 Å². The molecular weight excluding hydrogens is 382 g/mol. The number of carbonyl (C=O) groups excluding carboxylic acids is 2. The maximum atomic E-state index is 12.8. The van der Waals surface area contributed by atoms with Crippen LogP contribution in [-0.4, -0.2) is 39.2 Å². The molecule has 0 saturated heterocycles. The zero-order chi connectivity index (χ0) is 21.7. The SMILES string of the molecule is CCC(=O)c1ccc(OCC(=O)N(Cc2nc3ccccc3c(=O)[nH]2)C(C)C)cc1. The zero-order valence-electron chi connectivity index (χ0n) is 17.3. The zero-order valence-corrected chi connectivity index (χ0v) is 17.3. The molecule has 0 unspecified atom stereocenters. The highest BCUT2D eigenvalue weighted by molar-refractivity contribution is 5.95. The molecule has 0 aliphatic rings. The molecule has 30 heavy (non-hydrogen) atoms. The van der Waals surface area contributed by atoms with Crippen LogP contribution in [0.1, 0.15) is 43.4 Å². The number of ether oxygens (including phenoxy) is 1. The van der Waals surface area contributed by atoms with Gasteiger partial charge in [0.2, 0.25) is 0 Å². The summed E-state index contributed by atoms with van der Waals surface area (Å²) in [4.78, 5) is 45.6. The van der Waals surface area contributed by atoms with Crippen LogP contribution in [0.25, 0.3) is 10.9 Å². The van der Waals surface area contributed by atoms with E-state index < -0.39 is 0 Å². The van der Waals surface area contributed by atoms with Gasteiger partial charge in [0, 0.05) is 18.0 Å². The van der Waals surface area contributed by atoms with Crippen molar-refractivity contribution in [1.82, 2.24) is 14.9 Å². The lowest BCUT2D eigenvalue weighted by molar-refractivity contribution is -0.135. The van der Waals surface area contributed by atoms with Crippen LogP contribution >= 0.6 is 0 Å². The topological polar surface area (TPSA) is 92.4 Å². The van der Waals surface area contributed by atoms with Gasteiger partial charge in [-0.2, -0.15) is 0 Å². The average molecular weight is 407 g/mol. The van der Waals surface area contributed by atoms with E-state index in [-0.39, 0.29) is 36.4 Å². The van der Waals surface area contributed by atoms with E-state index in [1.54, 1.807) is 47.4 Å². The Balaban J connectivity index is 1.69. The highest BCUT2D eigenvalue weighted by Gasteiger charge is 2.19. The minimum absolute atomic E-state index is 0.0560. The normalized spacial score (nSPS) is 10.9. The first-order valence-electron chi connectivity index (χ1n) is 9.92. The molecular formula is C23H25N3O4. The molecule has 0 saturated carbocycles. The highest BCUT2D eigenvalue weighted by atomic mass is 16.5. The van der Waals surface area contributed by atoms with E-state index in [1.807, 2.05) is 26.8 Å². The largest absolute Gasteiger partial charge is 0.484 e. The molecule has 0 bridgehead atoms. The quantitative estimate of drug-likeness (QED) is 0.578. The number of nitrogens with one attached hydrogen (secondary N) is 1. The monoisotopic (exact) mass is 407 g/mol. The van der Waals surface area contributed by atoms with Crippen molar-refractivity contribution < 1.29 is 14.3 Å². The van der Waals surface area contributed by atoms with E-state index in [4.69, 9.17) is 4.74 Å². The Bertz CT molecular complexity index is 1100. The fourth-order valence-electron chi connectivity index (χ4n) is 3.10. The Labute approximate surface area is 174 Å². The number of nitrogens with zero attached hydrogens (tertiary/aromatic N) is 2. The number of aromatic nitrogens is 2. The fourth-order valence-corrected chi connectivity index (χ4v) is 3.10. The molecule has 3 aromatic rings. The molecule has 0 aliphatic carbocycles. The van der Waals surface area contributed by atoms with Crippen molar-refractivity contribution in [3.63, 3.8) is 0 Å². The smallest absolute Gasteiger partial charge is 0.261 e. The van der Waals surface area contributed by atoms with E-state index >= 15 is 0 Å². The van der Waals surface area contributed by atoms with E-state index in [9.17, 15) is 14.4 Å². The Morgan fingerprint density at radius 3 is 2.47 bits per heavy atom. The summed E-state index contributed by atoms with van der Waals surface area (Å²) < 4.78 is 5.60. The van der Waals surface area contributed by atoms with Crippen molar-refractivity contribution in [3.05, 3.63) is 70.3 Å². The number of carbonyl (C=O) groups is 2. The third-order valence-corrected chi connectivity index (χ3v) is 4.79. The Morgan fingerprint density at radius 1 is 1.10 bits per heavy atom. The number of para-hydroxylation sites is 1. The van der Waals surface area contributed by atoms with Gasteiger partial charge >= 0.3 is 0 Å². The second-order valence-corrected chi connectivity index (χ2v) is 7.23. The van der Waals surface area contributed by atoms with Crippen LogP contribution in [-0.2, 0) is 11.3 Å². The molecule has 0 spiro atoms. The number of Topliss-reactive ketones (excluding diaryl/α,β-unsaturated/α-hetero) is 1. The Morgan fingerprint density at radius 2 is 1.80 bits per heavy atom. The predicted octanol–water partition coefficient (Wildman–Crippen LogP) is 3.33. The summed E-state index contributed by atoms with van der Waals surface area (Å²) in [7, 11) is 0. The number of H-pyrrole nitrogens is 1. The molecule has 1 heterocycles. The number of amides is 1. The lowest BCUT2D eigenvalue weighted by Gasteiger charge is -2.26. The molecule has 0 aliphatic heterocycles. The summed E-state index contributed by atoms with van der Waals surface area (Å²) in [5.74, 6) is 0.759. The van der Waals surface area contributed by atoms with Gasteiger partial charge in [-0.25, -0.2) is 4.98 Å². The van der Waals surface area contributed by atoms with Crippen LogP contribution in [0.2, 0.25) is 0 Å². The van der Waals surface area contributed by atoms with E-state index in [1.165, 1.54) is 0 Å². The van der Waals surface area contributed by atoms with Gasteiger partial charge in [-0.1, -0.05) is 19.1 Å². The van der Waals surface area contributed by atoms with Gasteiger partial charge in [-0.15, -0.1) is 0 Å². The van der Waals surface area contributed by atoms with Gasteiger partial charge < -0.3 is 14.6 Å². The number of ketones is 1. The van der Waals surface area contributed by atoms with Gasteiger partial charge in [0.25, 0.3) is 11.5 Å². The second kappa shape index (κ2) is 9.35. The number of aromatic amines is 1. The van der Waals surface area contributed by atoms with Crippen molar-refractivity contribution in [1.29, 1.82) is 0 Å². The molecule has 1 N–H and O–H groups in total. The molecule has 2 aromatic carbocycles. The average Bonchev–Trinajstić information content (AvgIpc) is 2.75. The lowest BCUT2D eigenvalue weighted by Crippen LogP contribution is -2.40. The molecule has 156 valence electrons. The Kier molecular flexibility index (Phi) is 6.61. The van der Waals surface area contributed by atoms with Crippen molar-refractivity contribution >= 4 is 22.6 Å². The van der Waals surface area contributed by atoms with Crippen LogP contribution < -0.4 is 10.3 Å². The second-order valence-electron chi connectivity index (χ2n) is 7.23. The summed E-state index contributed by atoms with van der Waals surface area (Å²) in [5.41, 5.74) is 0.974. The number of hydrogen-bond donors (Lipinski definition) is 1. The molecule has 7 nitrogen and oxygen atoms in total. The van der Waals surface area contributed by atoms with Crippen molar-refractivity contribution in [3.8, 4) is 5.75 Å². The van der Waals surface area contributed by atoms with Crippen molar-refractivity contribution in [2.75, 3.05) is 6.61 Å². The fraction of sp³-hybridized carbons (Fsp3) is 0.304. The van der Waals surface area contributed by atoms with E-state index in [0.29, 0.717) is 34.5 Å². The Hall–Kier alpha value is -3.48.